The third kappa shape index (κ3) is 4.33. The Kier molecular flexibility index (Phi) is 6.31. The first-order valence-corrected chi connectivity index (χ1v) is 14.5. The highest BCUT2D eigenvalue weighted by Gasteiger charge is 2.37. The minimum absolute atomic E-state index is 0.0489. The van der Waals surface area contributed by atoms with Crippen molar-refractivity contribution < 1.29 is 39.1 Å². The van der Waals surface area contributed by atoms with Crippen LogP contribution in [-0.4, -0.2) is 31.1 Å². The molecule has 2 aromatic heterocycles. The van der Waals surface area contributed by atoms with Crippen LogP contribution in [0.25, 0.3) is 50.0 Å². The molecule has 0 radical (unpaired) electrons. The Morgan fingerprint density at radius 1 is 0.783 bits per heavy atom. The van der Waals surface area contributed by atoms with Crippen LogP contribution < -0.4 is 15.6 Å². The maximum atomic E-state index is 13.5. The average molecular weight is 621 g/mol. The van der Waals surface area contributed by atoms with Crippen LogP contribution in [0.5, 0.6) is 34.5 Å². The number of allylic oxidation sites excluding steroid dienone is 2. The molecule has 0 fully saturated rings. The topological polar surface area (TPSA) is 171 Å². The summed E-state index contributed by atoms with van der Waals surface area (Å²) in [5, 5.41) is 53.0. The van der Waals surface area contributed by atoms with Crippen molar-refractivity contribution in [2.45, 2.75) is 38.7 Å². The van der Waals surface area contributed by atoms with E-state index in [0.717, 1.165) is 11.1 Å². The van der Waals surface area contributed by atoms with E-state index >= 15 is 0 Å². The molecule has 4 aromatic carbocycles. The lowest BCUT2D eigenvalue weighted by atomic mass is 9.81. The van der Waals surface area contributed by atoms with Gasteiger partial charge in [0, 0.05) is 23.5 Å². The highest BCUT2D eigenvalue weighted by atomic mass is 16.5. The quantitative estimate of drug-likeness (QED) is 0.0785. The second-order valence-electron chi connectivity index (χ2n) is 12.0. The van der Waals surface area contributed by atoms with Crippen LogP contribution in [0.4, 0.5) is 0 Å². The molecule has 7 rings (SSSR count). The summed E-state index contributed by atoms with van der Waals surface area (Å²) in [5.41, 5.74) is -0.790. The zero-order chi connectivity index (χ0) is 32.7. The van der Waals surface area contributed by atoms with E-state index in [1.807, 2.05) is 20.8 Å². The molecule has 0 saturated carbocycles. The standard InChI is InChI=1S/C36H28O10/c1-16(2)13-18-15-36(3,46-33-19(18)7-8-21-30(43)26-22(37)9-10-24(39)34(26)45-32(21)33)12-11-17-14-25(40)27-29(42)20-5-4-6-23(38)31(20)44-35(27)28(17)41/h4-14,18,37-41H,15H2,1-3H3/b12-11+. The van der Waals surface area contributed by atoms with E-state index in [4.69, 9.17) is 13.6 Å². The summed E-state index contributed by atoms with van der Waals surface area (Å²) in [6, 6.07) is 11.4. The summed E-state index contributed by atoms with van der Waals surface area (Å²) < 4.78 is 18.4. The summed E-state index contributed by atoms with van der Waals surface area (Å²) in [5.74, 6) is -1.70. The molecule has 2 atom stereocenters. The Labute approximate surface area is 259 Å². The van der Waals surface area contributed by atoms with Crippen LogP contribution in [0.1, 0.15) is 44.2 Å². The third-order valence-corrected chi connectivity index (χ3v) is 8.38. The van der Waals surface area contributed by atoms with Crippen LogP contribution in [-0.2, 0) is 0 Å². The number of hydrogen-bond donors (Lipinski definition) is 5. The number of phenolic OH excluding ortho intramolecular Hbond substituents is 5. The van der Waals surface area contributed by atoms with Crippen molar-refractivity contribution in [1.29, 1.82) is 0 Å². The molecule has 232 valence electrons. The number of rotatable bonds is 3. The molecule has 10 heteroatoms. The van der Waals surface area contributed by atoms with Gasteiger partial charge in [-0.15, -0.1) is 0 Å². The van der Waals surface area contributed by atoms with Gasteiger partial charge < -0.3 is 39.1 Å². The monoisotopic (exact) mass is 620 g/mol. The molecule has 6 aromatic rings. The molecule has 1 aliphatic rings. The van der Waals surface area contributed by atoms with Crippen molar-refractivity contribution in [2.24, 2.45) is 0 Å². The highest BCUT2D eigenvalue weighted by Crippen LogP contribution is 2.48. The Balaban J connectivity index is 1.40. The molecule has 3 heterocycles. The smallest absolute Gasteiger partial charge is 0.204 e. The predicted molar refractivity (Wildman–Crippen MR) is 173 cm³/mol. The van der Waals surface area contributed by atoms with Gasteiger partial charge in [-0.25, -0.2) is 0 Å². The van der Waals surface area contributed by atoms with Gasteiger partial charge in [0.2, 0.25) is 10.9 Å². The number of fused-ring (bicyclic) bond motifs is 6. The van der Waals surface area contributed by atoms with E-state index in [1.54, 1.807) is 18.2 Å². The first kappa shape index (κ1) is 28.8. The molecule has 46 heavy (non-hydrogen) atoms. The Morgan fingerprint density at radius 3 is 2.17 bits per heavy atom. The van der Waals surface area contributed by atoms with Crippen molar-refractivity contribution in [3.63, 3.8) is 0 Å². The van der Waals surface area contributed by atoms with E-state index in [9.17, 15) is 35.1 Å². The van der Waals surface area contributed by atoms with Gasteiger partial charge in [-0.1, -0.05) is 29.9 Å². The van der Waals surface area contributed by atoms with E-state index in [-0.39, 0.29) is 78.4 Å². The molecule has 0 saturated heterocycles. The number of aromatic hydroxyl groups is 5. The van der Waals surface area contributed by atoms with Crippen molar-refractivity contribution in [3.8, 4) is 34.5 Å². The van der Waals surface area contributed by atoms with Crippen LogP contribution in [0.2, 0.25) is 0 Å². The molecule has 2 unspecified atom stereocenters. The highest BCUT2D eigenvalue weighted by molar-refractivity contribution is 6.00. The summed E-state index contributed by atoms with van der Waals surface area (Å²) in [4.78, 5) is 26.6. The van der Waals surface area contributed by atoms with Crippen LogP contribution in [0, 0.1) is 0 Å². The first-order valence-electron chi connectivity index (χ1n) is 14.5. The molecule has 0 aliphatic carbocycles. The van der Waals surface area contributed by atoms with E-state index in [0.29, 0.717) is 6.42 Å². The van der Waals surface area contributed by atoms with E-state index in [2.05, 4.69) is 6.08 Å². The number of hydrogen-bond acceptors (Lipinski definition) is 10. The normalized spacial score (nSPS) is 17.9. The fraction of sp³-hybridized carbons (Fsp3) is 0.167. The Morgan fingerprint density at radius 2 is 1.43 bits per heavy atom. The fourth-order valence-corrected chi connectivity index (χ4v) is 6.26. The van der Waals surface area contributed by atoms with Gasteiger partial charge in [0.1, 0.15) is 27.9 Å². The molecular formula is C36H28O10. The van der Waals surface area contributed by atoms with Gasteiger partial charge in [0.25, 0.3) is 0 Å². The van der Waals surface area contributed by atoms with E-state index < -0.39 is 28.0 Å². The lowest BCUT2D eigenvalue weighted by Gasteiger charge is -2.37. The molecular weight excluding hydrogens is 592 g/mol. The molecule has 10 nitrogen and oxygen atoms in total. The van der Waals surface area contributed by atoms with Gasteiger partial charge in [-0.2, -0.15) is 0 Å². The fourth-order valence-electron chi connectivity index (χ4n) is 6.26. The lowest BCUT2D eigenvalue weighted by molar-refractivity contribution is 0.109. The summed E-state index contributed by atoms with van der Waals surface area (Å²) in [6.45, 7) is 5.73. The summed E-state index contributed by atoms with van der Waals surface area (Å²) >= 11 is 0. The number of phenols is 5. The molecule has 1 aliphatic heterocycles. The number of para-hydroxylation sites is 1. The minimum atomic E-state index is -1.06. The minimum Gasteiger partial charge on any atom is -0.507 e. The maximum absolute atomic E-state index is 13.5. The maximum Gasteiger partial charge on any atom is 0.204 e. The van der Waals surface area contributed by atoms with Crippen LogP contribution >= 0.6 is 0 Å². The zero-order valence-electron chi connectivity index (χ0n) is 24.9. The summed E-state index contributed by atoms with van der Waals surface area (Å²) in [6.07, 6.45) is 5.70. The molecule has 5 N–H and O–H groups in total. The molecule has 0 spiro atoms. The Hall–Kier alpha value is -5.90. The van der Waals surface area contributed by atoms with Gasteiger partial charge >= 0.3 is 0 Å². The summed E-state index contributed by atoms with van der Waals surface area (Å²) in [7, 11) is 0. The first-order chi connectivity index (χ1) is 21.9. The largest absolute Gasteiger partial charge is 0.507 e. The zero-order valence-corrected chi connectivity index (χ0v) is 24.9. The second-order valence-corrected chi connectivity index (χ2v) is 12.0. The SMILES string of the molecule is CC(C)=CC1CC(C)(/C=C/c2cc(O)c3c(=O)c4cccc(O)c4oc3c2O)Oc2c1ccc1c(=O)c3c(O)ccc(O)c3oc21. The second kappa shape index (κ2) is 10.1. The van der Waals surface area contributed by atoms with Gasteiger partial charge in [-0.3, -0.25) is 9.59 Å². The van der Waals surface area contributed by atoms with Gasteiger partial charge in [-0.05, 0) is 63.2 Å². The van der Waals surface area contributed by atoms with Crippen molar-refractivity contribution >= 4 is 50.0 Å². The van der Waals surface area contributed by atoms with Crippen molar-refractivity contribution in [3.05, 3.63) is 97.8 Å². The predicted octanol–water partition coefficient (Wildman–Crippen LogP) is 7.04. The Bertz CT molecular complexity index is 2460. The van der Waals surface area contributed by atoms with E-state index in [1.165, 1.54) is 42.5 Å². The average Bonchev–Trinajstić information content (AvgIpc) is 3.00. The number of benzene rings is 4. The van der Waals surface area contributed by atoms with Crippen molar-refractivity contribution in [2.75, 3.05) is 0 Å². The molecule has 0 amide bonds. The number of ether oxygens (including phenoxy) is 1. The molecule has 0 bridgehead atoms. The van der Waals surface area contributed by atoms with Gasteiger partial charge in [0.05, 0.1) is 10.8 Å². The van der Waals surface area contributed by atoms with Gasteiger partial charge in [0.15, 0.2) is 45.3 Å². The van der Waals surface area contributed by atoms with Crippen molar-refractivity contribution in [1.82, 2.24) is 0 Å². The van der Waals surface area contributed by atoms with Crippen LogP contribution in [0.3, 0.4) is 0 Å². The lowest BCUT2D eigenvalue weighted by Crippen LogP contribution is -2.36. The van der Waals surface area contributed by atoms with Crippen LogP contribution in [0.15, 0.2) is 84.7 Å². The third-order valence-electron chi connectivity index (χ3n) is 8.38.